The second-order valence-electron chi connectivity index (χ2n) is 5.20. The lowest BCUT2D eigenvalue weighted by molar-refractivity contribution is -0.115. The number of carbonyl (C=O) groups is 1. The molecule has 21 heavy (non-hydrogen) atoms. The largest absolute Gasteiger partial charge is 0.367 e. The third-order valence-corrected chi connectivity index (χ3v) is 3.51. The van der Waals surface area contributed by atoms with Gasteiger partial charge in [-0.25, -0.2) is 4.98 Å². The Hall–Kier alpha value is -2.07. The van der Waals surface area contributed by atoms with Crippen molar-refractivity contribution >= 4 is 29.0 Å². The number of pyridine rings is 1. The van der Waals surface area contributed by atoms with Gasteiger partial charge in [0.25, 0.3) is 0 Å². The van der Waals surface area contributed by atoms with Crippen molar-refractivity contribution in [2.45, 2.75) is 25.3 Å². The van der Waals surface area contributed by atoms with E-state index >= 15 is 0 Å². The molecule has 0 atom stereocenters. The molecule has 3 rings (SSSR count). The molecular formula is C16H16ClN3O. The molecule has 0 radical (unpaired) electrons. The zero-order valence-corrected chi connectivity index (χ0v) is 12.2. The van der Waals surface area contributed by atoms with Crippen LogP contribution in [0.25, 0.3) is 0 Å². The maximum absolute atomic E-state index is 12.0. The number of hydrogen-bond acceptors (Lipinski definition) is 3. The molecule has 1 fully saturated rings. The van der Waals surface area contributed by atoms with Crippen LogP contribution >= 0.6 is 11.6 Å². The molecule has 0 unspecified atom stereocenters. The molecule has 2 aromatic rings. The molecule has 1 aromatic heterocycles. The molecule has 0 aliphatic heterocycles. The average Bonchev–Trinajstić information content (AvgIpc) is 3.28. The summed E-state index contributed by atoms with van der Waals surface area (Å²) in [5, 5.41) is 6.81. The zero-order chi connectivity index (χ0) is 14.7. The highest BCUT2D eigenvalue weighted by Crippen LogP contribution is 2.23. The van der Waals surface area contributed by atoms with Crippen LogP contribution in [0.3, 0.4) is 0 Å². The van der Waals surface area contributed by atoms with Gasteiger partial charge in [0.05, 0.1) is 18.3 Å². The number of nitrogens with one attached hydrogen (secondary N) is 2. The molecule has 1 saturated carbocycles. The minimum atomic E-state index is -0.0676. The van der Waals surface area contributed by atoms with Gasteiger partial charge in [-0.05, 0) is 42.7 Å². The molecule has 1 heterocycles. The van der Waals surface area contributed by atoms with Crippen LogP contribution in [-0.2, 0) is 11.2 Å². The van der Waals surface area contributed by atoms with Gasteiger partial charge in [0.15, 0.2) is 0 Å². The molecule has 4 nitrogen and oxygen atoms in total. The Labute approximate surface area is 128 Å². The summed E-state index contributed by atoms with van der Waals surface area (Å²) >= 11 is 5.82. The molecule has 5 heteroatoms. The van der Waals surface area contributed by atoms with Crippen LogP contribution in [-0.4, -0.2) is 16.9 Å². The molecule has 0 bridgehead atoms. The van der Waals surface area contributed by atoms with Gasteiger partial charge in [-0.3, -0.25) is 4.79 Å². The fourth-order valence-corrected chi connectivity index (χ4v) is 2.11. The fraction of sp³-hybridized carbons (Fsp3) is 0.250. The maximum Gasteiger partial charge on any atom is 0.228 e. The zero-order valence-electron chi connectivity index (χ0n) is 11.5. The van der Waals surface area contributed by atoms with E-state index in [0.29, 0.717) is 23.2 Å². The Kier molecular flexibility index (Phi) is 4.06. The Morgan fingerprint density at radius 3 is 2.57 bits per heavy atom. The normalized spacial score (nSPS) is 13.8. The minimum absolute atomic E-state index is 0.0676. The molecule has 0 spiro atoms. The predicted octanol–water partition coefficient (Wildman–Crippen LogP) is 3.49. The topological polar surface area (TPSA) is 54.0 Å². The first-order chi connectivity index (χ1) is 10.2. The molecule has 1 aliphatic rings. The number of carbonyl (C=O) groups excluding carboxylic acids is 1. The summed E-state index contributed by atoms with van der Waals surface area (Å²) in [5.74, 6) is 0.787. The third-order valence-electron chi connectivity index (χ3n) is 3.25. The van der Waals surface area contributed by atoms with Crippen molar-refractivity contribution in [2.24, 2.45) is 0 Å². The van der Waals surface area contributed by atoms with Crippen LogP contribution in [0.15, 0.2) is 42.6 Å². The third kappa shape index (κ3) is 4.20. The molecule has 2 N–H and O–H groups in total. The summed E-state index contributed by atoms with van der Waals surface area (Å²) < 4.78 is 0. The Bertz CT molecular complexity index is 621. The first-order valence-corrected chi connectivity index (χ1v) is 7.34. The molecule has 108 valence electrons. The fourth-order valence-electron chi connectivity index (χ4n) is 1.98. The molecular weight excluding hydrogens is 286 g/mol. The van der Waals surface area contributed by atoms with E-state index < -0.39 is 0 Å². The number of amides is 1. The summed E-state index contributed by atoms with van der Waals surface area (Å²) in [6, 6.07) is 11.6. The molecule has 1 amide bonds. The van der Waals surface area contributed by atoms with E-state index in [4.69, 9.17) is 11.6 Å². The van der Waals surface area contributed by atoms with Crippen LogP contribution in [0.5, 0.6) is 0 Å². The highest BCUT2D eigenvalue weighted by molar-refractivity contribution is 6.30. The van der Waals surface area contributed by atoms with E-state index in [1.165, 1.54) is 12.8 Å². The standard InChI is InChI=1S/C16H16ClN3O/c17-12-3-1-11(2-4-12)9-16(21)20-14-7-8-15(18-10-14)19-13-5-6-13/h1-4,7-8,10,13H,5-6,9H2,(H,18,19)(H,20,21). The number of hydrogen-bond donors (Lipinski definition) is 2. The average molecular weight is 302 g/mol. The maximum atomic E-state index is 12.0. The van der Waals surface area contributed by atoms with Crippen LogP contribution in [0.2, 0.25) is 5.02 Å². The van der Waals surface area contributed by atoms with Crippen molar-refractivity contribution in [1.29, 1.82) is 0 Å². The number of halogens is 1. The van der Waals surface area contributed by atoms with Crippen molar-refractivity contribution in [3.05, 3.63) is 53.2 Å². The number of anilines is 2. The van der Waals surface area contributed by atoms with Gasteiger partial charge >= 0.3 is 0 Å². The van der Waals surface area contributed by atoms with E-state index in [1.54, 1.807) is 18.3 Å². The van der Waals surface area contributed by atoms with Gasteiger partial charge in [0.2, 0.25) is 5.91 Å². The lowest BCUT2D eigenvalue weighted by Gasteiger charge is -2.07. The van der Waals surface area contributed by atoms with Gasteiger partial charge in [-0.2, -0.15) is 0 Å². The summed E-state index contributed by atoms with van der Waals surface area (Å²) in [4.78, 5) is 16.2. The van der Waals surface area contributed by atoms with Gasteiger partial charge in [-0.1, -0.05) is 23.7 Å². The predicted molar refractivity (Wildman–Crippen MR) is 84.7 cm³/mol. The first-order valence-electron chi connectivity index (χ1n) is 6.96. The van der Waals surface area contributed by atoms with E-state index in [0.717, 1.165) is 11.4 Å². The highest BCUT2D eigenvalue weighted by Gasteiger charge is 2.21. The van der Waals surface area contributed by atoms with Crippen molar-refractivity contribution in [3.63, 3.8) is 0 Å². The van der Waals surface area contributed by atoms with E-state index in [1.807, 2.05) is 24.3 Å². The van der Waals surface area contributed by atoms with Gasteiger partial charge in [0, 0.05) is 11.1 Å². The second-order valence-corrected chi connectivity index (χ2v) is 5.64. The summed E-state index contributed by atoms with van der Waals surface area (Å²) in [7, 11) is 0. The summed E-state index contributed by atoms with van der Waals surface area (Å²) in [5.41, 5.74) is 1.63. The van der Waals surface area contributed by atoms with E-state index in [2.05, 4.69) is 15.6 Å². The summed E-state index contributed by atoms with van der Waals surface area (Å²) in [6.07, 6.45) is 4.41. The first kappa shape index (κ1) is 13.9. The second kappa shape index (κ2) is 6.14. The van der Waals surface area contributed by atoms with Crippen LogP contribution in [0.1, 0.15) is 18.4 Å². The Morgan fingerprint density at radius 1 is 1.19 bits per heavy atom. The van der Waals surface area contributed by atoms with Gasteiger partial charge in [-0.15, -0.1) is 0 Å². The molecule has 1 aliphatic carbocycles. The van der Waals surface area contributed by atoms with Crippen molar-refractivity contribution < 1.29 is 4.79 Å². The van der Waals surface area contributed by atoms with Crippen LogP contribution in [0, 0.1) is 0 Å². The van der Waals surface area contributed by atoms with E-state index in [-0.39, 0.29) is 5.91 Å². The SMILES string of the molecule is O=C(Cc1ccc(Cl)cc1)Nc1ccc(NC2CC2)nc1. The van der Waals surface area contributed by atoms with Crippen molar-refractivity contribution in [1.82, 2.24) is 4.98 Å². The lowest BCUT2D eigenvalue weighted by Crippen LogP contribution is -2.14. The van der Waals surface area contributed by atoms with Crippen LogP contribution in [0.4, 0.5) is 11.5 Å². The quantitative estimate of drug-likeness (QED) is 0.889. The number of aromatic nitrogens is 1. The minimum Gasteiger partial charge on any atom is -0.367 e. The smallest absolute Gasteiger partial charge is 0.228 e. The van der Waals surface area contributed by atoms with E-state index in [9.17, 15) is 4.79 Å². The van der Waals surface area contributed by atoms with Crippen LogP contribution < -0.4 is 10.6 Å². The summed E-state index contributed by atoms with van der Waals surface area (Å²) in [6.45, 7) is 0. The highest BCUT2D eigenvalue weighted by atomic mass is 35.5. The van der Waals surface area contributed by atoms with Gasteiger partial charge < -0.3 is 10.6 Å². The molecule has 0 saturated heterocycles. The van der Waals surface area contributed by atoms with Gasteiger partial charge in [0.1, 0.15) is 5.82 Å². The number of rotatable bonds is 5. The number of benzene rings is 1. The van der Waals surface area contributed by atoms with Crippen molar-refractivity contribution in [3.8, 4) is 0 Å². The molecule has 1 aromatic carbocycles. The van der Waals surface area contributed by atoms with Crippen molar-refractivity contribution in [2.75, 3.05) is 10.6 Å². The Balaban J connectivity index is 1.55. The Morgan fingerprint density at radius 2 is 1.95 bits per heavy atom. The number of nitrogens with zero attached hydrogens (tertiary/aromatic N) is 1. The monoisotopic (exact) mass is 301 g/mol. The lowest BCUT2D eigenvalue weighted by atomic mass is 10.1.